The molecule has 1 N–H and O–H groups in total. The van der Waals surface area contributed by atoms with Crippen LogP contribution in [0.3, 0.4) is 0 Å². The zero-order valence-corrected chi connectivity index (χ0v) is 10.9. The van der Waals surface area contributed by atoms with E-state index in [1.807, 2.05) is 0 Å². The number of hydrogen-bond donors (Lipinski definition) is 1. The molecule has 19 heavy (non-hydrogen) atoms. The van der Waals surface area contributed by atoms with Crippen LogP contribution in [0.1, 0.15) is 48.1 Å². The minimum absolute atomic E-state index is 0.440. The maximum absolute atomic E-state index is 10.3. The Hall–Kier alpha value is -1.74. The summed E-state index contributed by atoms with van der Waals surface area (Å²) in [7, 11) is 0. The number of rotatable bonds is 3. The van der Waals surface area contributed by atoms with Crippen LogP contribution in [0.5, 0.6) is 0 Å². The minimum Gasteiger partial charge on any atom is -0.387 e. The molecule has 98 valence electrons. The summed E-state index contributed by atoms with van der Waals surface area (Å²) in [6.45, 7) is 0. The number of nitrogens with zero attached hydrogens (tertiary/aromatic N) is 2. The second-order valence-corrected chi connectivity index (χ2v) is 5.17. The average Bonchev–Trinajstić information content (AvgIpc) is 2.48. The summed E-state index contributed by atoms with van der Waals surface area (Å²) < 4.78 is 0. The largest absolute Gasteiger partial charge is 0.387 e. The molecular weight excluding hydrogens is 236 g/mol. The number of aromatic nitrogens is 2. The van der Waals surface area contributed by atoms with Gasteiger partial charge in [-0.1, -0.05) is 24.3 Å². The first-order chi connectivity index (χ1) is 9.34. The van der Waals surface area contributed by atoms with Crippen LogP contribution >= 0.6 is 0 Å². The first kappa shape index (κ1) is 12.3. The number of aliphatic hydroxyl groups is 1. The molecule has 2 unspecified atom stereocenters. The zero-order chi connectivity index (χ0) is 13.1. The molecule has 3 heteroatoms. The van der Waals surface area contributed by atoms with Crippen molar-refractivity contribution in [3.63, 3.8) is 0 Å². The van der Waals surface area contributed by atoms with E-state index >= 15 is 0 Å². The highest BCUT2D eigenvalue weighted by Crippen LogP contribution is 2.37. The van der Waals surface area contributed by atoms with Gasteiger partial charge in [0.1, 0.15) is 6.33 Å². The lowest BCUT2D eigenvalue weighted by Crippen LogP contribution is -2.13. The van der Waals surface area contributed by atoms with Crippen molar-refractivity contribution in [2.24, 2.45) is 0 Å². The van der Waals surface area contributed by atoms with Gasteiger partial charge in [0, 0.05) is 6.20 Å². The molecule has 0 saturated carbocycles. The van der Waals surface area contributed by atoms with Crippen molar-refractivity contribution in [3.05, 3.63) is 59.7 Å². The van der Waals surface area contributed by atoms with E-state index < -0.39 is 6.10 Å². The van der Waals surface area contributed by atoms with Gasteiger partial charge in [0.15, 0.2) is 0 Å². The molecule has 0 radical (unpaired) electrons. The third kappa shape index (κ3) is 2.66. The van der Waals surface area contributed by atoms with Gasteiger partial charge in [0.2, 0.25) is 0 Å². The van der Waals surface area contributed by atoms with Crippen LogP contribution in [0.25, 0.3) is 0 Å². The molecule has 1 aliphatic carbocycles. The number of fused-ring (bicyclic) bond motifs is 1. The Morgan fingerprint density at radius 2 is 2.16 bits per heavy atom. The second kappa shape index (κ2) is 5.49. The van der Waals surface area contributed by atoms with Gasteiger partial charge in [-0.05, 0) is 48.8 Å². The molecule has 3 nitrogen and oxygen atoms in total. The SMILES string of the molecule is OC(CC1CCCc2ccccc21)c1ccncn1. The van der Waals surface area contributed by atoms with Crippen LogP contribution in [0, 0.1) is 0 Å². The van der Waals surface area contributed by atoms with Gasteiger partial charge >= 0.3 is 0 Å². The highest BCUT2D eigenvalue weighted by molar-refractivity contribution is 5.32. The van der Waals surface area contributed by atoms with Crippen molar-refractivity contribution < 1.29 is 5.11 Å². The van der Waals surface area contributed by atoms with Gasteiger partial charge in [0.05, 0.1) is 11.8 Å². The van der Waals surface area contributed by atoms with Gasteiger partial charge in [-0.2, -0.15) is 0 Å². The van der Waals surface area contributed by atoms with E-state index in [2.05, 4.69) is 34.2 Å². The third-order valence-electron chi connectivity index (χ3n) is 3.95. The zero-order valence-electron chi connectivity index (χ0n) is 10.9. The number of aryl methyl sites for hydroxylation is 1. The van der Waals surface area contributed by atoms with Gasteiger partial charge in [0.25, 0.3) is 0 Å². The van der Waals surface area contributed by atoms with Crippen molar-refractivity contribution in [2.75, 3.05) is 0 Å². The van der Waals surface area contributed by atoms with Crippen molar-refractivity contribution in [1.29, 1.82) is 0 Å². The van der Waals surface area contributed by atoms with Crippen LogP contribution < -0.4 is 0 Å². The fraction of sp³-hybridized carbons (Fsp3) is 0.375. The molecule has 2 atom stereocenters. The topological polar surface area (TPSA) is 46.0 Å². The van der Waals surface area contributed by atoms with Crippen molar-refractivity contribution in [2.45, 2.75) is 37.7 Å². The van der Waals surface area contributed by atoms with Gasteiger partial charge in [-0.3, -0.25) is 0 Å². The summed E-state index contributed by atoms with van der Waals surface area (Å²) in [5.41, 5.74) is 3.56. The molecule has 2 aromatic rings. The minimum atomic E-state index is -0.501. The summed E-state index contributed by atoms with van der Waals surface area (Å²) in [5, 5.41) is 10.3. The van der Waals surface area contributed by atoms with Crippen molar-refractivity contribution in [3.8, 4) is 0 Å². The maximum atomic E-state index is 10.3. The highest BCUT2D eigenvalue weighted by atomic mass is 16.3. The quantitative estimate of drug-likeness (QED) is 0.915. The standard InChI is InChI=1S/C16H18N2O/c19-16(15-8-9-17-11-18-15)10-13-6-3-5-12-4-1-2-7-14(12)13/h1-2,4,7-9,11,13,16,19H,3,5-6,10H2. The smallest absolute Gasteiger partial charge is 0.115 e. The van der Waals surface area contributed by atoms with E-state index in [4.69, 9.17) is 0 Å². The average molecular weight is 254 g/mol. The van der Waals surface area contributed by atoms with Crippen LogP contribution in [0.2, 0.25) is 0 Å². The molecule has 3 rings (SSSR count). The second-order valence-electron chi connectivity index (χ2n) is 5.17. The predicted octanol–water partition coefficient (Wildman–Crippen LogP) is 3.02. The van der Waals surface area contributed by atoms with Crippen LogP contribution in [-0.4, -0.2) is 15.1 Å². The molecule has 0 saturated heterocycles. The van der Waals surface area contributed by atoms with E-state index in [0.29, 0.717) is 5.92 Å². The van der Waals surface area contributed by atoms with Crippen LogP contribution in [0.15, 0.2) is 42.9 Å². The van der Waals surface area contributed by atoms with E-state index in [1.54, 1.807) is 12.3 Å². The number of benzene rings is 1. The predicted molar refractivity (Wildman–Crippen MR) is 73.7 cm³/mol. The summed E-state index contributed by atoms with van der Waals surface area (Å²) >= 11 is 0. The molecule has 1 heterocycles. The Balaban J connectivity index is 1.78. The normalized spacial score (nSPS) is 19.7. The first-order valence-electron chi connectivity index (χ1n) is 6.86. The van der Waals surface area contributed by atoms with E-state index in [9.17, 15) is 5.11 Å². The fourth-order valence-corrected chi connectivity index (χ4v) is 2.99. The van der Waals surface area contributed by atoms with E-state index in [-0.39, 0.29) is 0 Å². The molecule has 0 aliphatic heterocycles. The Morgan fingerprint density at radius 1 is 1.26 bits per heavy atom. The van der Waals surface area contributed by atoms with E-state index in [1.165, 1.54) is 23.9 Å². The summed E-state index contributed by atoms with van der Waals surface area (Å²) in [4.78, 5) is 8.03. The lowest BCUT2D eigenvalue weighted by Gasteiger charge is -2.27. The van der Waals surface area contributed by atoms with Gasteiger partial charge in [-0.25, -0.2) is 9.97 Å². The molecule has 1 aromatic carbocycles. The van der Waals surface area contributed by atoms with Crippen molar-refractivity contribution in [1.82, 2.24) is 9.97 Å². The Bertz CT molecular complexity index is 541. The summed E-state index contributed by atoms with van der Waals surface area (Å²) in [5.74, 6) is 0.440. The lowest BCUT2D eigenvalue weighted by atomic mass is 9.79. The van der Waals surface area contributed by atoms with Crippen LogP contribution in [-0.2, 0) is 6.42 Å². The fourth-order valence-electron chi connectivity index (χ4n) is 2.99. The van der Waals surface area contributed by atoms with E-state index in [0.717, 1.165) is 25.0 Å². The monoisotopic (exact) mass is 254 g/mol. The van der Waals surface area contributed by atoms with Gasteiger partial charge < -0.3 is 5.11 Å². The summed E-state index contributed by atoms with van der Waals surface area (Å²) in [6.07, 6.45) is 6.94. The Morgan fingerprint density at radius 3 is 3.00 bits per heavy atom. The number of aliphatic hydroxyl groups excluding tert-OH is 1. The molecular formula is C16H18N2O. The first-order valence-corrected chi connectivity index (χ1v) is 6.86. The Labute approximate surface area is 113 Å². The molecule has 0 spiro atoms. The van der Waals surface area contributed by atoms with Crippen LogP contribution in [0.4, 0.5) is 0 Å². The number of hydrogen-bond acceptors (Lipinski definition) is 3. The maximum Gasteiger partial charge on any atom is 0.115 e. The molecule has 0 fully saturated rings. The summed E-state index contributed by atoms with van der Waals surface area (Å²) in [6, 6.07) is 10.4. The van der Waals surface area contributed by atoms with Gasteiger partial charge in [-0.15, -0.1) is 0 Å². The van der Waals surface area contributed by atoms with Crippen molar-refractivity contribution >= 4 is 0 Å². The third-order valence-corrected chi connectivity index (χ3v) is 3.95. The molecule has 1 aliphatic rings. The molecule has 0 bridgehead atoms. The molecule has 0 amide bonds. The Kier molecular flexibility index (Phi) is 3.56. The highest BCUT2D eigenvalue weighted by Gasteiger charge is 2.23. The lowest BCUT2D eigenvalue weighted by molar-refractivity contribution is 0.149. The molecule has 1 aromatic heterocycles.